The Bertz CT molecular complexity index is 1010. The summed E-state index contributed by atoms with van der Waals surface area (Å²) in [6.07, 6.45) is 12.1. The van der Waals surface area contributed by atoms with Crippen molar-refractivity contribution < 1.29 is 21.5 Å². The lowest BCUT2D eigenvalue weighted by molar-refractivity contribution is -0.656. The molecule has 0 aliphatic rings. The van der Waals surface area contributed by atoms with E-state index >= 15 is 0 Å². The van der Waals surface area contributed by atoms with E-state index in [1.807, 2.05) is 0 Å². The van der Waals surface area contributed by atoms with Crippen LogP contribution >= 0.6 is 11.3 Å². The molecule has 1 heterocycles. The zero-order chi connectivity index (χ0) is 18.5. The van der Waals surface area contributed by atoms with Crippen molar-refractivity contribution in [1.82, 2.24) is 0 Å². The summed E-state index contributed by atoms with van der Waals surface area (Å²) >= 11 is 1.77. The Morgan fingerprint density at radius 3 is 2.52 bits per heavy atom. The van der Waals surface area contributed by atoms with Gasteiger partial charge in [0.15, 0.2) is 0 Å². The highest BCUT2D eigenvalue weighted by Gasteiger charge is 2.16. The van der Waals surface area contributed by atoms with Gasteiger partial charge in [0.05, 0.1) is 0 Å². The summed E-state index contributed by atoms with van der Waals surface area (Å²) < 4.78 is 3.44. The molecule has 0 saturated heterocycles. The normalized spacial score (nSPS) is 11.4. The highest BCUT2D eigenvalue weighted by Crippen LogP contribution is 2.22. The Balaban J connectivity index is 0.00000261. The number of hydrogen-bond donors (Lipinski definition) is 0. The van der Waals surface area contributed by atoms with Crippen LogP contribution in [-0.2, 0) is 6.54 Å². The summed E-state index contributed by atoms with van der Waals surface area (Å²) in [5.74, 6) is 2.76. The second-order valence-corrected chi connectivity index (χ2v) is 7.47. The Hall–Kier alpha value is -2.35. The lowest BCUT2D eigenvalue weighted by Gasteiger charge is -2.11. The quantitative estimate of drug-likeness (QED) is 0.335. The number of allylic oxidation sites excluding steroid dienone is 2. The molecule has 0 bridgehead atoms. The lowest BCUT2D eigenvalue weighted by atomic mass is 10.1. The third-order valence-electron chi connectivity index (χ3n) is 4.18. The van der Waals surface area contributed by atoms with Crippen LogP contribution in [-0.4, -0.2) is 14.1 Å². The van der Waals surface area contributed by atoms with E-state index < -0.39 is 0 Å². The highest BCUT2D eigenvalue weighted by atomic mass is 79.9. The predicted octanol–water partition coefficient (Wildman–Crippen LogP) is 2.01. The van der Waals surface area contributed by atoms with Crippen LogP contribution in [0, 0.1) is 12.3 Å². The Morgan fingerprint density at radius 1 is 1.15 bits per heavy atom. The standard InChI is InChI=1S/C23H23N2S.BrH/c1-5-16-25-21-8-6-7-9-22(21)26-23(25)15-10-18(2)17-19-11-13-20(14-12-19)24(3)4;/h1,6-15,17H,16H2,2-4H3;1H/q+1;/p-1. The van der Waals surface area contributed by atoms with Crippen molar-refractivity contribution in [3.63, 3.8) is 0 Å². The minimum absolute atomic E-state index is 0. The summed E-state index contributed by atoms with van der Waals surface area (Å²) in [6, 6.07) is 16.9. The Morgan fingerprint density at radius 2 is 1.85 bits per heavy atom. The molecule has 0 N–H and O–H groups in total. The average Bonchev–Trinajstić information content (AvgIpc) is 2.99. The number of nitrogens with zero attached hydrogens (tertiary/aromatic N) is 2. The summed E-state index contributed by atoms with van der Waals surface area (Å²) in [7, 11) is 4.10. The average molecular weight is 439 g/mol. The predicted molar refractivity (Wildman–Crippen MR) is 114 cm³/mol. The summed E-state index contributed by atoms with van der Waals surface area (Å²) in [5.41, 5.74) is 4.80. The number of halogens is 1. The first-order valence-electron chi connectivity index (χ1n) is 8.57. The van der Waals surface area contributed by atoms with E-state index in [0.717, 1.165) is 0 Å². The topological polar surface area (TPSA) is 7.12 Å². The van der Waals surface area contributed by atoms with E-state index in [-0.39, 0.29) is 17.0 Å². The maximum atomic E-state index is 5.57. The number of terminal acetylenes is 1. The van der Waals surface area contributed by atoms with Crippen LogP contribution in [0.15, 0.2) is 60.2 Å². The van der Waals surface area contributed by atoms with Gasteiger partial charge in [-0.15, -0.1) is 6.42 Å². The first-order chi connectivity index (χ1) is 12.6. The second-order valence-electron chi connectivity index (χ2n) is 6.41. The van der Waals surface area contributed by atoms with E-state index in [9.17, 15) is 0 Å². The van der Waals surface area contributed by atoms with Gasteiger partial charge >= 0.3 is 0 Å². The fourth-order valence-electron chi connectivity index (χ4n) is 2.81. The number of hydrogen-bond acceptors (Lipinski definition) is 2. The van der Waals surface area contributed by atoms with Gasteiger partial charge in [0.1, 0.15) is 4.70 Å². The number of anilines is 1. The molecule has 0 amide bonds. The van der Waals surface area contributed by atoms with Crippen LogP contribution < -0.4 is 26.4 Å². The molecule has 0 saturated carbocycles. The second kappa shape index (κ2) is 9.55. The van der Waals surface area contributed by atoms with E-state index in [4.69, 9.17) is 6.42 Å². The molecule has 0 aliphatic carbocycles. The minimum atomic E-state index is 0. The van der Waals surface area contributed by atoms with Crippen LogP contribution in [0.2, 0.25) is 0 Å². The van der Waals surface area contributed by atoms with Gasteiger partial charge in [0.2, 0.25) is 12.1 Å². The molecule has 4 heteroatoms. The molecule has 27 heavy (non-hydrogen) atoms. The smallest absolute Gasteiger partial charge is 0.263 e. The lowest BCUT2D eigenvalue weighted by Crippen LogP contribution is -3.00. The zero-order valence-electron chi connectivity index (χ0n) is 15.8. The molecular formula is C23H23BrN2S. The molecule has 0 radical (unpaired) electrons. The summed E-state index contributed by atoms with van der Waals surface area (Å²) in [4.78, 5) is 2.10. The maximum absolute atomic E-state index is 5.57. The monoisotopic (exact) mass is 438 g/mol. The summed E-state index contributed by atoms with van der Waals surface area (Å²) in [6.45, 7) is 2.70. The maximum Gasteiger partial charge on any atom is 0.263 e. The largest absolute Gasteiger partial charge is 1.00 e. The van der Waals surface area contributed by atoms with E-state index in [0.29, 0.717) is 6.54 Å². The fourth-order valence-corrected chi connectivity index (χ4v) is 3.88. The van der Waals surface area contributed by atoms with Crippen LogP contribution in [0.25, 0.3) is 22.4 Å². The van der Waals surface area contributed by atoms with Gasteiger partial charge in [-0.1, -0.05) is 53.3 Å². The van der Waals surface area contributed by atoms with E-state index in [1.165, 1.54) is 32.0 Å². The number of para-hydroxylation sites is 1. The molecule has 138 valence electrons. The number of rotatable bonds is 5. The molecule has 0 aliphatic heterocycles. The first kappa shape index (κ1) is 21.0. The number of fused-ring (bicyclic) bond motifs is 1. The van der Waals surface area contributed by atoms with Crippen molar-refractivity contribution in [2.45, 2.75) is 13.5 Å². The van der Waals surface area contributed by atoms with Crippen LogP contribution in [0.4, 0.5) is 5.69 Å². The summed E-state index contributed by atoms with van der Waals surface area (Å²) in [5, 5.41) is 1.17. The Kier molecular flexibility index (Phi) is 7.41. The molecule has 1 aromatic heterocycles. The third-order valence-corrected chi connectivity index (χ3v) is 5.31. The molecule has 0 atom stereocenters. The molecular weight excluding hydrogens is 416 g/mol. The molecule has 2 nitrogen and oxygen atoms in total. The van der Waals surface area contributed by atoms with E-state index in [1.54, 1.807) is 11.3 Å². The zero-order valence-corrected chi connectivity index (χ0v) is 18.2. The minimum Gasteiger partial charge on any atom is -1.00 e. The van der Waals surface area contributed by atoms with Crippen LogP contribution in [0.5, 0.6) is 0 Å². The van der Waals surface area contributed by atoms with Crippen molar-refractivity contribution in [2.75, 3.05) is 19.0 Å². The van der Waals surface area contributed by atoms with Gasteiger partial charge in [-0.25, -0.2) is 0 Å². The van der Waals surface area contributed by atoms with Crippen molar-refractivity contribution in [3.05, 3.63) is 70.8 Å². The van der Waals surface area contributed by atoms with Crippen molar-refractivity contribution >= 4 is 39.4 Å². The molecule has 0 unspecified atom stereocenters. The first-order valence-corrected chi connectivity index (χ1v) is 9.39. The number of thiazole rings is 1. The van der Waals surface area contributed by atoms with Crippen LogP contribution in [0.3, 0.4) is 0 Å². The van der Waals surface area contributed by atoms with Gasteiger partial charge in [-0.2, -0.15) is 4.57 Å². The van der Waals surface area contributed by atoms with Gasteiger partial charge < -0.3 is 21.9 Å². The van der Waals surface area contributed by atoms with E-state index in [2.05, 4.69) is 103 Å². The highest BCUT2D eigenvalue weighted by molar-refractivity contribution is 7.18. The SMILES string of the molecule is C#CC[n+]1c(/C=C/C(C)=C/c2ccc(N(C)C)cc2)sc2ccccc21.[Br-]. The van der Waals surface area contributed by atoms with Gasteiger partial charge in [-0.3, -0.25) is 0 Å². The molecule has 0 spiro atoms. The van der Waals surface area contributed by atoms with Gasteiger partial charge in [0.25, 0.3) is 5.01 Å². The van der Waals surface area contributed by atoms with Crippen molar-refractivity contribution in [3.8, 4) is 12.3 Å². The molecule has 3 aromatic rings. The number of aromatic nitrogens is 1. The van der Waals surface area contributed by atoms with Crippen molar-refractivity contribution in [2.24, 2.45) is 0 Å². The fraction of sp³-hybridized carbons (Fsp3) is 0.174. The van der Waals surface area contributed by atoms with Gasteiger partial charge in [0, 0.05) is 31.9 Å². The van der Waals surface area contributed by atoms with Gasteiger partial charge in [-0.05, 0) is 36.6 Å². The number of benzene rings is 2. The molecule has 2 aromatic carbocycles. The molecule has 0 fully saturated rings. The Labute approximate surface area is 176 Å². The van der Waals surface area contributed by atoms with Crippen molar-refractivity contribution in [1.29, 1.82) is 0 Å². The third kappa shape index (κ3) is 5.09. The molecule has 3 rings (SSSR count). The van der Waals surface area contributed by atoms with Crippen LogP contribution in [0.1, 0.15) is 17.5 Å².